The molecule has 0 spiro atoms. The molecular weight excluding hydrogens is 254 g/mol. The number of hydrogen-bond acceptors (Lipinski definition) is 4. The van der Waals surface area contributed by atoms with Gasteiger partial charge in [-0.05, 0) is 12.5 Å². The van der Waals surface area contributed by atoms with E-state index in [1.807, 2.05) is 43.3 Å². The van der Waals surface area contributed by atoms with E-state index in [1.54, 1.807) is 0 Å². The van der Waals surface area contributed by atoms with Crippen LogP contribution in [0.15, 0.2) is 30.3 Å². The Bertz CT molecular complexity index is 545. The van der Waals surface area contributed by atoms with Gasteiger partial charge in [-0.25, -0.2) is 4.98 Å². The largest absolute Gasteiger partial charge is 0.355 e. The van der Waals surface area contributed by atoms with Gasteiger partial charge >= 0.3 is 0 Å². The highest BCUT2D eigenvalue weighted by Crippen LogP contribution is 2.28. The summed E-state index contributed by atoms with van der Waals surface area (Å²) >= 11 is 7.08. The Kier molecular flexibility index (Phi) is 3.62. The van der Waals surface area contributed by atoms with Crippen molar-refractivity contribution in [3.63, 3.8) is 0 Å². The van der Waals surface area contributed by atoms with Crippen LogP contribution in [0.5, 0.6) is 0 Å². The van der Waals surface area contributed by atoms with E-state index in [4.69, 9.17) is 16.9 Å². The van der Waals surface area contributed by atoms with Crippen LogP contribution in [0.3, 0.4) is 0 Å². The first-order valence-corrected chi connectivity index (χ1v) is 6.28. The molecule has 5 heteroatoms. The summed E-state index contributed by atoms with van der Waals surface area (Å²) in [6.07, 6.45) is 0. The second kappa shape index (κ2) is 5.17. The van der Waals surface area contributed by atoms with Crippen molar-refractivity contribution in [2.75, 3.05) is 5.32 Å². The first-order chi connectivity index (χ1) is 8.20. The van der Waals surface area contributed by atoms with Crippen LogP contribution in [0, 0.1) is 11.3 Å². The molecule has 17 heavy (non-hydrogen) atoms. The van der Waals surface area contributed by atoms with Crippen LogP contribution < -0.4 is 5.32 Å². The van der Waals surface area contributed by atoms with Gasteiger partial charge in [-0.1, -0.05) is 53.3 Å². The van der Waals surface area contributed by atoms with E-state index in [1.165, 1.54) is 11.3 Å². The monoisotopic (exact) mass is 263 g/mol. The highest BCUT2D eigenvalue weighted by Gasteiger charge is 2.11. The predicted molar refractivity (Wildman–Crippen MR) is 70.3 cm³/mol. The molecule has 0 aliphatic rings. The molecule has 0 amide bonds. The maximum Gasteiger partial charge on any atom is 0.185 e. The highest BCUT2D eigenvalue weighted by atomic mass is 35.5. The molecular formula is C12H10ClN3S. The molecule has 1 atom stereocenters. The Morgan fingerprint density at radius 2 is 2.12 bits per heavy atom. The Morgan fingerprint density at radius 1 is 1.41 bits per heavy atom. The molecule has 86 valence electrons. The Hall–Kier alpha value is -1.57. The fourth-order valence-corrected chi connectivity index (χ4v) is 2.48. The average molecular weight is 264 g/mol. The van der Waals surface area contributed by atoms with Crippen LogP contribution in [0.2, 0.25) is 5.15 Å². The summed E-state index contributed by atoms with van der Waals surface area (Å²) in [7, 11) is 0. The summed E-state index contributed by atoms with van der Waals surface area (Å²) < 4.78 is 0. The van der Waals surface area contributed by atoms with E-state index in [-0.39, 0.29) is 11.2 Å². The topological polar surface area (TPSA) is 48.7 Å². The van der Waals surface area contributed by atoms with Gasteiger partial charge in [0.25, 0.3) is 0 Å². The van der Waals surface area contributed by atoms with Gasteiger partial charge in [-0.15, -0.1) is 0 Å². The van der Waals surface area contributed by atoms with Crippen LogP contribution >= 0.6 is 22.9 Å². The molecule has 0 fully saturated rings. The van der Waals surface area contributed by atoms with Gasteiger partial charge in [0.1, 0.15) is 10.9 Å². The van der Waals surface area contributed by atoms with Gasteiger partial charge in [0, 0.05) is 0 Å². The number of benzene rings is 1. The number of hydrogen-bond donors (Lipinski definition) is 1. The van der Waals surface area contributed by atoms with Gasteiger partial charge < -0.3 is 5.32 Å². The zero-order valence-corrected chi connectivity index (χ0v) is 10.7. The molecule has 1 N–H and O–H groups in total. The van der Waals surface area contributed by atoms with Crippen LogP contribution in [0.4, 0.5) is 5.13 Å². The van der Waals surface area contributed by atoms with Crippen molar-refractivity contribution in [2.45, 2.75) is 13.0 Å². The quantitative estimate of drug-likeness (QED) is 0.915. The zero-order chi connectivity index (χ0) is 12.3. The first-order valence-electron chi connectivity index (χ1n) is 5.08. The Morgan fingerprint density at radius 3 is 2.71 bits per heavy atom. The molecule has 1 unspecified atom stereocenters. The summed E-state index contributed by atoms with van der Waals surface area (Å²) in [5, 5.41) is 13.0. The smallest absolute Gasteiger partial charge is 0.185 e. The number of rotatable bonds is 3. The third kappa shape index (κ3) is 2.76. The van der Waals surface area contributed by atoms with Crippen molar-refractivity contribution in [3.8, 4) is 6.07 Å². The number of anilines is 1. The van der Waals surface area contributed by atoms with Crippen LogP contribution in [0.25, 0.3) is 0 Å². The summed E-state index contributed by atoms with van der Waals surface area (Å²) in [5.74, 6) is 0. The second-order valence-electron chi connectivity index (χ2n) is 3.53. The number of thiazole rings is 1. The number of nitriles is 1. The maximum absolute atomic E-state index is 8.79. The number of aromatic nitrogens is 1. The third-order valence-corrected chi connectivity index (χ3v) is 3.60. The summed E-state index contributed by atoms with van der Waals surface area (Å²) in [4.78, 5) is 4.54. The number of nitrogens with zero attached hydrogens (tertiary/aromatic N) is 2. The molecule has 0 saturated carbocycles. The Balaban J connectivity index is 2.14. The molecule has 0 radical (unpaired) electrons. The third-order valence-electron chi connectivity index (χ3n) is 2.33. The molecule has 3 nitrogen and oxygen atoms in total. The van der Waals surface area contributed by atoms with Crippen molar-refractivity contribution in [1.82, 2.24) is 4.98 Å². The van der Waals surface area contributed by atoms with Gasteiger partial charge in [0.2, 0.25) is 0 Å². The van der Waals surface area contributed by atoms with Crippen molar-refractivity contribution >= 4 is 28.1 Å². The van der Waals surface area contributed by atoms with Gasteiger partial charge in [0.15, 0.2) is 10.3 Å². The normalized spacial score (nSPS) is 11.8. The molecule has 1 aromatic carbocycles. The minimum absolute atomic E-state index is 0.130. The molecule has 0 saturated heterocycles. The standard InChI is InChI=1S/C12H10ClN3S/c1-8(9-5-3-2-4-6-9)15-12-16-11(13)10(7-14)17-12/h2-6,8H,1H3,(H,15,16). The first kappa shape index (κ1) is 11.9. The van der Waals surface area contributed by atoms with E-state index in [9.17, 15) is 0 Å². The van der Waals surface area contributed by atoms with E-state index < -0.39 is 0 Å². The summed E-state index contributed by atoms with van der Waals surface area (Å²) in [6.45, 7) is 2.04. The second-order valence-corrected chi connectivity index (χ2v) is 4.88. The molecule has 1 heterocycles. The van der Waals surface area contributed by atoms with Crippen LogP contribution in [-0.2, 0) is 0 Å². The molecule has 0 bridgehead atoms. The summed E-state index contributed by atoms with van der Waals surface area (Å²) in [5.41, 5.74) is 1.16. The van der Waals surface area contributed by atoms with E-state index in [0.29, 0.717) is 10.0 Å². The lowest BCUT2D eigenvalue weighted by molar-refractivity contribution is 0.882. The molecule has 0 aliphatic carbocycles. The van der Waals surface area contributed by atoms with E-state index in [0.717, 1.165) is 5.56 Å². The zero-order valence-electron chi connectivity index (χ0n) is 9.14. The highest BCUT2D eigenvalue weighted by molar-refractivity contribution is 7.16. The number of nitrogens with one attached hydrogen (secondary N) is 1. The lowest BCUT2D eigenvalue weighted by Gasteiger charge is -2.12. The average Bonchev–Trinajstić information content (AvgIpc) is 2.70. The fourth-order valence-electron chi connectivity index (χ4n) is 1.44. The SMILES string of the molecule is CC(Nc1nc(Cl)c(C#N)s1)c1ccccc1. The van der Waals surface area contributed by atoms with Gasteiger partial charge in [-0.2, -0.15) is 5.26 Å². The van der Waals surface area contributed by atoms with Crippen LogP contribution in [-0.4, -0.2) is 4.98 Å². The molecule has 0 aliphatic heterocycles. The van der Waals surface area contributed by atoms with Crippen molar-refractivity contribution in [3.05, 3.63) is 45.9 Å². The van der Waals surface area contributed by atoms with Crippen molar-refractivity contribution < 1.29 is 0 Å². The lowest BCUT2D eigenvalue weighted by atomic mass is 10.1. The summed E-state index contributed by atoms with van der Waals surface area (Å²) in [6, 6.07) is 12.2. The van der Waals surface area contributed by atoms with Gasteiger partial charge in [-0.3, -0.25) is 0 Å². The molecule has 2 rings (SSSR count). The van der Waals surface area contributed by atoms with Gasteiger partial charge in [0.05, 0.1) is 6.04 Å². The number of halogens is 1. The minimum Gasteiger partial charge on any atom is -0.355 e. The van der Waals surface area contributed by atoms with Crippen LogP contribution in [0.1, 0.15) is 23.4 Å². The fraction of sp³-hybridized carbons (Fsp3) is 0.167. The van der Waals surface area contributed by atoms with E-state index in [2.05, 4.69) is 10.3 Å². The molecule has 2 aromatic rings. The lowest BCUT2D eigenvalue weighted by Crippen LogP contribution is -2.05. The van der Waals surface area contributed by atoms with Crippen molar-refractivity contribution in [1.29, 1.82) is 5.26 Å². The minimum atomic E-state index is 0.130. The molecule has 1 aromatic heterocycles. The van der Waals surface area contributed by atoms with Crippen molar-refractivity contribution in [2.24, 2.45) is 0 Å². The maximum atomic E-state index is 8.79. The van der Waals surface area contributed by atoms with E-state index >= 15 is 0 Å². The Labute approximate surface area is 109 Å². The predicted octanol–water partition coefficient (Wildman–Crippen LogP) is 3.84.